The summed E-state index contributed by atoms with van der Waals surface area (Å²) in [5.41, 5.74) is 2.72. The quantitative estimate of drug-likeness (QED) is 0.543. The Morgan fingerprint density at radius 2 is 1.89 bits per heavy atom. The van der Waals surface area contributed by atoms with Gasteiger partial charge in [0, 0.05) is 56.3 Å². The second-order valence-electron chi connectivity index (χ2n) is 10.7. The molecule has 2 saturated heterocycles. The molecule has 2 aliphatic heterocycles. The molecule has 1 aromatic heterocycles. The lowest BCUT2D eigenvalue weighted by Gasteiger charge is -2.58. The van der Waals surface area contributed by atoms with Crippen molar-refractivity contribution < 1.29 is 18.3 Å². The molecule has 3 aliphatic rings. The van der Waals surface area contributed by atoms with Crippen molar-refractivity contribution >= 4 is 23.2 Å². The van der Waals surface area contributed by atoms with Crippen LogP contribution in [0.5, 0.6) is 0 Å². The average molecular weight is 479 g/mol. The van der Waals surface area contributed by atoms with Gasteiger partial charge < -0.3 is 19.0 Å². The van der Waals surface area contributed by atoms with E-state index in [0.29, 0.717) is 35.6 Å². The SMILES string of the molecule is C[C@@H]1CN(c2nc3ccc(F)cc3o2)[C@@H](C)CN1C(=O)OC1CC2(C1)CN(Cc1ccccc1)C2. The Balaban J connectivity index is 1.00. The number of piperazine rings is 1. The Labute approximate surface area is 204 Å². The molecule has 3 heterocycles. The topological polar surface area (TPSA) is 62.1 Å². The van der Waals surface area contributed by atoms with E-state index in [4.69, 9.17) is 9.15 Å². The smallest absolute Gasteiger partial charge is 0.410 e. The van der Waals surface area contributed by atoms with Crippen LogP contribution in [-0.4, -0.2) is 65.2 Å². The number of carbonyl (C=O) groups is 1. The van der Waals surface area contributed by atoms with Gasteiger partial charge in [-0.2, -0.15) is 4.98 Å². The molecular formula is C27H31FN4O3. The molecule has 8 heteroatoms. The normalized spacial score (nSPS) is 24.4. The molecule has 0 N–H and O–H groups in total. The molecule has 3 fully saturated rings. The fourth-order valence-electron chi connectivity index (χ4n) is 5.97. The summed E-state index contributed by atoms with van der Waals surface area (Å²) in [5.74, 6) is -0.349. The number of hydrogen-bond acceptors (Lipinski definition) is 6. The number of fused-ring (bicyclic) bond motifs is 1. The summed E-state index contributed by atoms with van der Waals surface area (Å²) in [6, 6.07) is 15.3. The fourth-order valence-corrected chi connectivity index (χ4v) is 5.97. The molecule has 35 heavy (non-hydrogen) atoms. The van der Waals surface area contributed by atoms with E-state index in [9.17, 15) is 9.18 Å². The molecule has 0 radical (unpaired) electrons. The molecule has 1 amide bonds. The molecule has 2 atom stereocenters. The number of aromatic nitrogens is 1. The third kappa shape index (κ3) is 4.24. The molecular weight excluding hydrogens is 447 g/mol. The Morgan fingerprint density at radius 3 is 2.66 bits per heavy atom. The van der Waals surface area contributed by atoms with Crippen LogP contribution >= 0.6 is 0 Å². The standard InChI is InChI=1S/C27H31FN4O3/c1-18-14-32(19(2)13-31(18)25-29-23-9-8-21(28)10-24(23)35-25)26(33)34-22-11-27(12-22)16-30(17-27)15-20-6-4-3-5-7-20/h3-10,18-19,22H,11-17H2,1-2H3/t18-,19+/m0/s1. The highest BCUT2D eigenvalue weighted by Crippen LogP contribution is 2.50. The van der Waals surface area contributed by atoms with E-state index in [0.717, 1.165) is 32.5 Å². The summed E-state index contributed by atoms with van der Waals surface area (Å²) in [6.45, 7) is 8.30. The van der Waals surface area contributed by atoms with E-state index in [1.54, 1.807) is 6.07 Å². The van der Waals surface area contributed by atoms with Crippen molar-refractivity contribution in [1.82, 2.24) is 14.8 Å². The molecule has 184 valence electrons. The number of carbonyl (C=O) groups excluding carboxylic acids is 1. The summed E-state index contributed by atoms with van der Waals surface area (Å²) >= 11 is 0. The van der Waals surface area contributed by atoms with Crippen molar-refractivity contribution in [3.05, 3.63) is 59.9 Å². The predicted octanol–water partition coefficient (Wildman–Crippen LogP) is 4.67. The summed E-state index contributed by atoms with van der Waals surface area (Å²) in [6.07, 6.45) is 1.68. The monoisotopic (exact) mass is 478 g/mol. The second-order valence-corrected chi connectivity index (χ2v) is 10.7. The Morgan fingerprint density at radius 1 is 1.11 bits per heavy atom. The second kappa shape index (κ2) is 8.52. The minimum absolute atomic E-state index is 0.00238. The average Bonchev–Trinajstić information content (AvgIpc) is 3.21. The van der Waals surface area contributed by atoms with Crippen LogP contribution < -0.4 is 4.90 Å². The molecule has 7 nitrogen and oxygen atoms in total. The van der Waals surface area contributed by atoms with E-state index in [-0.39, 0.29) is 30.1 Å². The molecule has 0 bridgehead atoms. The van der Waals surface area contributed by atoms with Gasteiger partial charge >= 0.3 is 6.09 Å². The Bertz CT molecular complexity index is 1220. The van der Waals surface area contributed by atoms with Crippen LogP contribution in [0, 0.1) is 11.2 Å². The zero-order valence-corrected chi connectivity index (χ0v) is 20.2. The summed E-state index contributed by atoms with van der Waals surface area (Å²) in [5, 5.41) is 0. The van der Waals surface area contributed by atoms with Gasteiger partial charge in [-0.15, -0.1) is 0 Å². The molecule has 1 aliphatic carbocycles. The molecule has 3 aromatic rings. The number of oxazole rings is 1. The number of amides is 1. The van der Waals surface area contributed by atoms with E-state index < -0.39 is 0 Å². The van der Waals surface area contributed by atoms with Gasteiger partial charge in [-0.05, 0) is 44.4 Å². The van der Waals surface area contributed by atoms with Gasteiger partial charge in [0.15, 0.2) is 5.58 Å². The van der Waals surface area contributed by atoms with Crippen molar-refractivity contribution in [2.24, 2.45) is 5.41 Å². The van der Waals surface area contributed by atoms with Crippen LogP contribution in [0.1, 0.15) is 32.3 Å². The van der Waals surface area contributed by atoms with Crippen LogP contribution in [0.4, 0.5) is 15.2 Å². The maximum atomic E-state index is 13.5. The maximum Gasteiger partial charge on any atom is 0.410 e. The number of rotatable bonds is 4. The lowest BCUT2D eigenvalue weighted by molar-refractivity contribution is -0.137. The summed E-state index contributed by atoms with van der Waals surface area (Å²) in [4.78, 5) is 23.8. The minimum Gasteiger partial charge on any atom is -0.446 e. The third-order valence-electron chi connectivity index (χ3n) is 7.76. The minimum atomic E-state index is -0.349. The van der Waals surface area contributed by atoms with Crippen LogP contribution in [0.3, 0.4) is 0 Å². The van der Waals surface area contributed by atoms with Gasteiger partial charge in [0.1, 0.15) is 17.4 Å². The van der Waals surface area contributed by atoms with Gasteiger partial charge in [-0.1, -0.05) is 30.3 Å². The van der Waals surface area contributed by atoms with Gasteiger partial charge in [0.05, 0.1) is 0 Å². The van der Waals surface area contributed by atoms with Crippen molar-refractivity contribution in [1.29, 1.82) is 0 Å². The number of benzene rings is 2. The molecule has 1 saturated carbocycles. The fraction of sp³-hybridized carbons (Fsp3) is 0.481. The first-order chi connectivity index (χ1) is 16.9. The summed E-state index contributed by atoms with van der Waals surface area (Å²) in [7, 11) is 0. The number of halogens is 1. The Hall–Kier alpha value is -3.13. The van der Waals surface area contributed by atoms with Gasteiger partial charge in [0.25, 0.3) is 6.01 Å². The highest BCUT2D eigenvalue weighted by atomic mass is 19.1. The lowest BCUT2D eigenvalue weighted by Crippen LogP contribution is -2.64. The predicted molar refractivity (Wildman–Crippen MR) is 131 cm³/mol. The summed E-state index contributed by atoms with van der Waals surface area (Å²) < 4.78 is 25.2. The van der Waals surface area contributed by atoms with E-state index in [1.807, 2.05) is 29.7 Å². The largest absolute Gasteiger partial charge is 0.446 e. The third-order valence-corrected chi connectivity index (χ3v) is 7.76. The van der Waals surface area contributed by atoms with Crippen molar-refractivity contribution in [2.45, 2.75) is 51.4 Å². The van der Waals surface area contributed by atoms with E-state index >= 15 is 0 Å². The van der Waals surface area contributed by atoms with Gasteiger partial charge in [-0.3, -0.25) is 4.90 Å². The molecule has 2 aromatic carbocycles. The lowest BCUT2D eigenvalue weighted by atomic mass is 9.61. The van der Waals surface area contributed by atoms with Crippen LogP contribution in [-0.2, 0) is 11.3 Å². The number of anilines is 1. The van der Waals surface area contributed by atoms with Crippen LogP contribution in [0.2, 0.25) is 0 Å². The van der Waals surface area contributed by atoms with Gasteiger partial charge in [-0.25, -0.2) is 9.18 Å². The first-order valence-corrected chi connectivity index (χ1v) is 12.4. The van der Waals surface area contributed by atoms with Crippen molar-refractivity contribution in [3.8, 4) is 0 Å². The van der Waals surface area contributed by atoms with Crippen LogP contribution in [0.25, 0.3) is 11.1 Å². The highest BCUT2D eigenvalue weighted by molar-refractivity contribution is 5.75. The number of nitrogens with zero attached hydrogens (tertiary/aromatic N) is 4. The zero-order chi connectivity index (χ0) is 24.2. The zero-order valence-electron chi connectivity index (χ0n) is 20.2. The van der Waals surface area contributed by atoms with E-state index in [1.165, 1.54) is 17.7 Å². The van der Waals surface area contributed by atoms with Gasteiger partial charge in [0.2, 0.25) is 0 Å². The highest BCUT2D eigenvalue weighted by Gasteiger charge is 2.54. The first kappa shape index (κ1) is 22.3. The number of likely N-dealkylation sites (tertiary alicyclic amines) is 1. The first-order valence-electron chi connectivity index (χ1n) is 12.4. The van der Waals surface area contributed by atoms with Crippen LogP contribution in [0.15, 0.2) is 52.9 Å². The Kier molecular flexibility index (Phi) is 5.44. The van der Waals surface area contributed by atoms with Crippen molar-refractivity contribution in [3.63, 3.8) is 0 Å². The maximum absolute atomic E-state index is 13.5. The molecule has 0 unspecified atom stereocenters. The molecule has 6 rings (SSSR count). The molecule has 1 spiro atoms. The van der Waals surface area contributed by atoms with E-state index in [2.05, 4.69) is 34.1 Å². The number of hydrogen-bond donors (Lipinski definition) is 0. The van der Waals surface area contributed by atoms with Crippen molar-refractivity contribution in [2.75, 3.05) is 31.1 Å². The number of ether oxygens (including phenoxy) is 1.